The molecule has 1 saturated carbocycles. The van der Waals surface area contributed by atoms with Gasteiger partial charge in [-0.15, -0.1) is 0 Å². The Morgan fingerprint density at radius 2 is 2.16 bits per heavy atom. The number of hydrogen-bond donors (Lipinski definition) is 2. The van der Waals surface area contributed by atoms with E-state index in [-0.39, 0.29) is 11.9 Å². The first-order valence-electron chi connectivity index (χ1n) is 6.81. The zero-order valence-corrected chi connectivity index (χ0v) is 11.9. The van der Waals surface area contributed by atoms with Crippen molar-refractivity contribution < 1.29 is 4.79 Å². The summed E-state index contributed by atoms with van der Waals surface area (Å²) in [6, 6.07) is 0.252. The number of nitrogens with one attached hydrogen (secondary N) is 2. The molecule has 1 aliphatic rings. The van der Waals surface area contributed by atoms with Gasteiger partial charge in [0, 0.05) is 13.1 Å². The molecular formula is C14H22N4O. The van der Waals surface area contributed by atoms with Crippen LogP contribution in [0.3, 0.4) is 0 Å². The van der Waals surface area contributed by atoms with E-state index in [0.29, 0.717) is 16.9 Å². The molecule has 1 fully saturated rings. The average molecular weight is 262 g/mol. The lowest BCUT2D eigenvalue weighted by Crippen LogP contribution is -2.41. The molecule has 0 spiro atoms. The van der Waals surface area contributed by atoms with Crippen LogP contribution in [-0.2, 0) is 0 Å². The molecule has 1 aromatic heterocycles. The largest absolute Gasteiger partial charge is 0.372 e. The predicted octanol–water partition coefficient (Wildman–Crippen LogP) is 2.22. The van der Waals surface area contributed by atoms with Gasteiger partial charge >= 0.3 is 0 Å². The third-order valence-electron chi connectivity index (χ3n) is 3.68. The first kappa shape index (κ1) is 13.8. The fourth-order valence-corrected chi connectivity index (χ4v) is 2.66. The van der Waals surface area contributed by atoms with E-state index in [1.54, 1.807) is 13.2 Å². The molecule has 0 bridgehead atoms. The van der Waals surface area contributed by atoms with E-state index in [0.717, 1.165) is 12.8 Å². The highest BCUT2D eigenvalue weighted by atomic mass is 16.1. The molecule has 104 valence electrons. The van der Waals surface area contributed by atoms with Gasteiger partial charge in [0.1, 0.15) is 11.5 Å². The summed E-state index contributed by atoms with van der Waals surface area (Å²) in [4.78, 5) is 20.3. The first-order valence-corrected chi connectivity index (χ1v) is 6.81. The van der Waals surface area contributed by atoms with Crippen LogP contribution in [-0.4, -0.2) is 29.0 Å². The summed E-state index contributed by atoms with van der Waals surface area (Å²) >= 11 is 0. The Hall–Kier alpha value is -1.65. The molecule has 19 heavy (non-hydrogen) atoms. The van der Waals surface area contributed by atoms with Crippen molar-refractivity contribution in [3.05, 3.63) is 18.1 Å². The molecule has 0 aliphatic heterocycles. The normalized spacial score (nSPS) is 21.7. The van der Waals surface area contributed by atoms with E-state index >= 15 is 0 Å². The Balaban J connectivity index is 1.96. The minimum absolute atomic E-state index is 0.127. The van der Waals surface area contributed by atoms with Crippen molar-refractivity contribution in [2.45, 2.75) is 45.6 Å². The summed E-state index contributed by atoms with van der Waals surface area (Å²) in [7, 11) is 1.77. The third-order valence-corrected chi connectivity index (χ3v) is 3.68. The molecule has 5 heteroatoms. The molecule has 2 N–H and O–H groups in total. The Bertz CT molecular complexity index is 441. The van der Waals surface area contributed by atoms with Crippen molar-refractivity contribution >= 4 is 11.7 Å². The molecule has 1 unspecified atom stereocenters. The Kier molecular flexibility index (Phi) is 4.02. The number of hydrogen-bond acceptors (Lipinski definition) is 4. The van der Waals surface area contributed by atoms with Gasteiger partial charge in [0.25, 0.3) is 5.91 Å². The van der Waals surface area contributed by atoms with Crippen LogP contribution < -0.4 is 10.6 Å². The van der Waals surface area contributed by atoms with Crippen molar-refractivity contribution in [2.75, 3.05) is 12.4 Å². The maximum absolute atomic E-state index is 12.1. The average Bonchev–Trinajstić information content (AvgIpc) is 2.37. The van der Waals surface area contributed by atoms with Crippen molar-refractivity contribution in [3.8, 4) is 0 Å². The highest BCUT2D eigenvalue weighted by molar-refractivity contribution is 5.92. The van der Waals surface area contributed by atoms with E-state index in [1.807, 2.05) is 0 Å². The molecule has 1 atom stereocenters. The van der Waals surface area contributed by atoms with E-state index in [4.69, 9.17) is 0 Å². The van der Waals surface area contributed by atoms with Crippen molar-refractivity contribution in [1.82, 2.24) is 15.3 Å². The molecule has 0 saturated heterocycles. The van der Waals surface area contributed by atoms with E-state index in [1.165, 1.54) is 19.0 Å². The second-order valence-corrected chi connectivity index (χ2v) is 5.97. The molecule has 1 aliphatic carbocycles. The zero-order valence-electron chi connectivity index (χ0n) is 11.9. The van der Waals surface area contributed by atoms with Crippen LogP contribution in [0.5, 0.6) is 0 Å². The monoisotopic (exact) mass is 262 g/mol. The zero-order chi connectivity index (χ0) is 13.9. The summed E-state index contributed by atoms with van der Waals surface area (Å²) < 4.78 is 0. The summed E-state index contributed by atoms with van der Waals surface area (Å²) in [5.41, 5.74) is 0.695. The summed E-state index contributed by atoms with van der Waals surface area (Å²) in [6.07, 6.45) is 7.56. The Labute approximate surface area is 114 Å². The fourth-order valence-electron chi connectivity index (χ4n) is 2.66. The van der Waals surface area contributed by atoms with E-state index in [9.17, 15) is 4.79 Å². The van der Waals surface area contributed by atoms with Gasteiger partial charge in [-0.25, -0.2) is 9.97 Å². The van der Waals surface area contributed by atoms with Crippen LogP contribution >= 0.6 is 0 Å². The number of aromatic nitrogens is 2. The second kappa shape index (κ2) is 5.55. The van der Waals surface area contributed by atoms with Gasteiger partial charge < -0.3 is 10.6 Å². The van der Waals surface area contributed by atoms with Crippen LogP contribution in [0.2, 0.25) is 0 Å². The lowest BCUT2D eigenvalue weighted by molar-refractivity contribution is 0.0897. The lowest BCUT2D eigenvalue weighted by atomic mass is 9.75. The van der Waals surface area contributed by atoms with E-state index < -0.39 is 0 Å². The van der Waals surface area contributed by atoms with Gasteiger partial charge in [-0.05, 0) is 24.7 Å². The predicted molar refractivity (Wildman–Crippen MR) is 75.1 cm³/mol. The van der Waals surface area contributed by atoms with Crippen LogP contribution in [0, 0.1) is 5.41 Å². The number of carbonyl (C=O) groups excluding carboxylic acids is 1. The van der Waals surface area contributed by atoms with Crippen LogP contribution in [0.1, 0.15) is 50.0 Å². The van der Waals surface area contributed by atoms with Gasteiger partial charge in [-0.3, -0.25) is 4.79 Å². The number of anilines is 1. The molecule has 1 heterocycles. The molecular weight excluding hydrogens is 240 g/mol. The van der Waals surface area contributed by atoms with E-state index in [2.05, 4.69) is 34.4 Å². The quantitative estimate of drug-likeness (QED) is 0.876. The Morgan fingerprint density at radius 1 is 1.37 bits per heavy atom. The highest BCUT2D eigenvalue weighted by Crippen LogP contribution is 2.35. The van der Waals surface area contributed by atoms with Crippen molar-refractivity contribution in [1.29, 1.82) is 0 Å². The molecule has 1 amide bonds. The van der Waals surface area contributed by atoms with Crippen molar-refractivity contribution in [2.24, 2.45) is 5.41 Å². The van der Waals surface area contributed by atoms with Gasteiger partial charge in [-0.1, -0.05) is 20.3 Å². The third kappa shape index (κ3) is 3.66. The molecule has 5 nitrogen and oxygen atoms in total. The van der Waals surface area contributed by atoms with Gasteiger partial charge in [-0.2, -0.15) is 0 Å². The molecule has 0 aromatic carbocycles. The maximum atomic E-state index is 12.1. The number of amides is 1. The lowest BCUT2D eigenvalue weighted by Gasteiger charge is -2.35. The van der Waals surface area contributed by atoms with Crippen LogP contribution in [0.15, 0.2) is 12.4 Å². The number of carbonyl (C=O) groups is 1. The van der Waals surface area contributed by atoms with Crippen molar-refractivity contribution in [3.63, 3.8) is 0 Å². The van der Waals surface area contributed by atoms with Gasteiger partial charge in [0.2, 0.25) is 0 Å². The summed E-state index contributed by atoms with van der Waals surface area (Å²) in [5.74, 6) is 0.535. The Morgan fingerprint density at radius 3 is 2.74 bits per heavy atom. The van der Waals surface area contributed by atoms with Gasteiger partial charge in [0.05, 0.1) is 12.4 Å². The van der Waals surface area contributed by atoms with Gasteiger partial charge in [0.15, 0.2) is 0 Å². The standard InChI is InChI=1S/C14H22N4O/c1-14(2)6-4-5-10(7-14)18-13(19)11-8-17-12(15-3)9-16-11/h8-10H,4-7H2,1-3H3,(H,15,17)(H,18,19). The number of nitrogens with zero attached hydrogens (tertiary/aromatic N) is 2. The SMILES string of the molecule is CNc1cnc(C(=O)NC2CCCC(C)(C)C2)cn1. The minimum Gasteiger partial charge on any atom is -0.372 e. The number of rotatable bonds is 3. The first-order chi connectivity index (χ1) is 9.00. The van der Waals surface area contributed by atoms with Crippen LogP contribution in [0.4, 0.5) is 5.82 Å². The summed E-state index contributed by atoms with van der Waals surface area (Å²) in [5, 5.41) is 5.95. The summed E-state index contributed by atoms with van der Waals surface area (Å²) in [6.45, 7) is 4.51. The maximum Gasteiger partial charge on any atom is 0.271 e. The second-order valence-electron chi connectivity index (χ2n) is 5.97. The topological polar surface area (TPSA) is 66.9 Å². The van der Waals surface area contributed by atoms with Crippen LogP contribution in [0.25, 0.3) is 0 Å². The minimum atomic E-state index is -0.127. The molecule has 0 radical (unpaired) electrons. The highest BCUT2D eigenvalue weighted by Gasteiger charge is 2.29. The fraction of sp³-hybridized carbons (Fsp3) is 0.643. The molecule has 2 rings (SSSR count). The smallest absolute Gasteiger partial charge is 0.271 e. The molecule has 1 aromatic rings.